The van der Waals surface area contributed by atoms with E-state index in [4.69, 9.17) is 16.3 Å². The normalized spacial score (nSPS) is 10.2. The Bertz CT molecular complexity index is 539. The Labute approximate surface area is 116 Å². The zero-order valence-corrected chi connectivity index (χ0v) is 11.8. The smallest absolute Gasteiger partial charge is 0.153 e. The van der Waals surface area contributed by atoms with E-state index in [-0.39, 0.29) is 0 Å². The topological polar surface area (TPSA) is 26.3 Å². The van der Waals surface area contributed by atoms with Crippen molar-refractivity contribution in [3.8, 4) is 5.75 Å². The molecule has 0 bridgehead atoms. The maximum Gasteiger partial charge on any atom is 0.153 e. The van der Waals surface area contributed by atoms with Crippen LogP contribution in [0.15, 0.2) is 34.1 Å². The summed E-state index contributed by atoms with van der Waals surface area (Å²) in [5.74, 6) is 0.439. The summed E-state index contributed by atoms with van der Waals surface area (Å²) in [7, 11) is 0. The maximum atomic E-state index is 10.9. The first kappa shape index (κ1) is 12.6. The highest BCUT2D eigenvalue weighted by molar-refractivity contribution is 9.10. The lowest BCUT2D eigenvalue weighted by Gasteiger charge is -2.08. The number of ether oxygens (including phenoxy) is 1. The molecule has 0 unspecified atom stereocenters. The average molecular weight is 332 g/mol. The number of rotatable bonds is 4. The van der Waals surface area contributed by atoms with E-state index >= 15 is 0 Å². The van der Waals surface area contributed by atoms with Gasteiger partial charge in [-0.2, -0.15) is 0 Å². The van der Waals surface area contributed by atoms with Crippen molar-refractivity contribution < 1.29 is 9.53 Å². The first-order chi connectivity index (χ1) is 8.20. The third kappa shape index (κ3) is 3.09. The fourth-order valence-electron chi connectivity index (χ4n) is 1.34. The summed E-state index contributed by atoms with van der Waals surface area (Å²) >= 11 is 10.9. The molecule has 0 atom stereocenters. The van der Waals surface area contributed by atoms with Gasteiger partial charge in [-0.1, -0.05) is 17.7 Å². The number of thiophene rings is 1. The first-order valence-electron chi connectivity index (χ1n) is 4.80. The predicted molar refractivity (Wildman–Crippen MR) is 73.2 cm³/mol. The Hall–Kier alpha value is -0.840. The lowest BCUT2D eigenvalue weighted by Crippen LogP contribution is -1.97. The van der Waals surface area contributed by atoms with Crippen molar-refractivity contribution >= 4 is 45.2 Å². The van der Waals surface area contributed by atoms with E-state index in [0.29, 0.717) is 22.9 Å². The summed E-state index contributed by atoms with van der Waals surface area (Å²) in [6, 6.07) is 7.08. The predicted octanol–water partition coefficient (Wildman–Crippen LogP) is 4.56. The summed E-state index contributed by atoms with van der Waals surface area (Å²) < 4.78 is 6.61. The molecule has 88 valence electrons. The van der Waals surface area contributed by atoms with Crippen LogP contribution in [0.3, 0.4) is 0 Å². The van der Waals surface area contributed by atoms with E-state index in [1.807, 2.05) is 11.4 Å². The van der Waals surface area contributed by atoms with E-state index in [1.54, 1.807) is 29.5 Å². The molecule has 0 radical (unpaired) electrons. The van der Waals surface area contributed by atoms with Crippen molar-refractivity contribution in [2.45, 2.75) is 6.61 Å². The number of benzene rings is 1. The van der Waals surface area contributed by atoms with Crippen molar-refractivity contribution in [1.29, 1.82) is 0 Å². The molecule has 1 heterocycles. The molecular weight excluding hydrogens is 324 g/mol. The van der Waals surface area contributed by atoms with Gasteiger partial charge in [-0.05, 0) is 34.1 Å². The highest BCUT2D eigenvalue weighted by Gasteiger charge is 2.08. The largest absolute Gasteiger partial charge is 0.486 e. The zero-order chi connectivity index (χ0) is 12.3. The third-order valence-electron chi connectivity index (χ3n) is 2.10. The van der Waals surface area contributed by atoms with Crippen LogP contribution in [0.5, 0.6) is 5.75 Å². The molecule has 0 spiro atoms. The number of para-hydroxylation sites is 1. The molecule has 17 heavy (non-hydrogen) atoms. The molecule has 0 fully saturated rings. The van der Waals surface area contributed by atoms with Crippen LogP contribution in [-0.4, -0.2) is 6.29 Å². The average Bonchev–Trinajstić information content (AvgIpc) is 2.73. The van der Waals surface area contributed by atoms with E-state index < -0.39 is 0 Å². The molecule has 1 aromatic carbocycles. The van der Waals surface area contributed by atoms with Crippen LogP contribution in [0, 0.1) is 0 Å². The molecule has 2 nitrogen and oxygen atoms in total. The van der Waals surface area contributed by atoms with Crippen LogP contribution in [-0.2, 0) is 6.61 Å². The number of carbonyl (C=O) groups is 1. The summed E-state index contributed by atoms with van der Waals surface area (Å²) in [6.07, 6.45) is 0.742. The molecule has 0 N–H and O–H groups in total. The highest BCUT2D eigenvalue weighted by atomic mass is 79.9. The van der Waals surface area contributed by atoms with Crippen molar-refractivity contribution in [3.63, 3.8) is 0 Å². The summed E-state index contributed by atoms with van der Waals surface area (Å²) in [5.41, 5.74) is 0.466. The van der Waals surface area contributed by atoms with Crippen LogP contribution >= 0.6 is 38.9 Å². The maximum absolute atomic E-state index is 10.9. The van der Waals surface area contributed by atoms with Gasteiger partial charge in [0.2, 0.25) is 0 Å². The molecule has 1 aromatic heterocycles. The van der Waals surface area contributed by atoms with E-state index in [1.165, 1.54) is 0 Å². The molecule has 0 amide bonds. The van der Waals surface area contributed by atoms with Gasteiger partial charge in [0.1, 0.15) is 12.4 Å². The number of aldehydes is 1. The van der Waals surface area contributed by atoms with E-state index in [9.17, 15) is 4.79 Å². The Balaban J connectivity index is 2.16. The van der Waals surface area contributed by atoms with Crippen molar-refractivity contribution in [2.24, 2.45) is 0 Å². The van der Waals surface area contributed by atoms with Crippen LogP contribution in [0.1, 0.15) is 15.2 Å². The minimum atomic E-state index is 0.404. The summed E-state index contributed by atoms with van der Waals surface area (Å²) in [5, 5.41) is 2.43. The van der Waals surface area contributed by atoms with Gasteiger partial charge in [-0.15, -0.1) is 11.3 Å². The fourth-order valence-corrected chi connectivity index (χ4v) is 2.94. The van der Waals surface area contributed by atoms with E-state index in [2.05, 4.69) is 15.9 Å². The second-order valence-electron chi connectivity index (χ2n) is 3.30. The van der Waals surface area contributed by atoms with Gasteiger partial charge >= 0.3 is 0 Å². The van der Waals surface area contributed by atoms with Crippen LogP contribution in [0.25, 0.3) is 0 Å². The van der Waals surface area contributed by atoms with Crippen LogP contribution in [0.4, 0.5) is 0 Å². The van der Waals surface area contributed by atoms with Gasteiger partial charge in [-0.3, -0.25) is 4.79 Å². The van der Waals surface area contributed by atoms with Gasteiger partial charge in [0, 0.05) is 14.7 Å². The van der Waals surface area contributed by atoms with Gasteiger partial charge in [0.25, 0.3) is 0 Å². The lowest BCUT2D eigenvalue weighted by atomic mass is 10.2. The van der Waals surface area contributed by atoms with Crippen molar-refractivity contribution in [1.82, 2.24) is 0 Å². The van der Waals surface area contributed by atoms with Gasteiger partial charge in [0.05, 0.1) is 10.6 Å². The van der Waals surface area contributed by atoms with Gasteiger partial charge in [-0.25, -0.2) is 0 Å². The van der Waals surface area contributed by atoms with Gasteiger partial charge in [0.15, 0.2) is 6.29 Å². The highest BCUT2D eigenvalue weighted by Crippen LogP contribution is 2.29. The quantitative estimate of drug-likeness (QED) is 0.768. The van der Waals surface area contributed by atoms with Crippen molar-refractivity contribution in [3.05, 3.63) is 49.6 Å². The molecular formula is C12H8BrClO2S. The molecule has 0 aliphatic heterocycles. The fraction of sp³-hybridized carbons (Fsp3) is 0.0833. The molecule has 2 aromatic rings. The zero-order valence-electron chi connectivity index (χ0n) is 8.65. The van der Waals surface area contributed by atoms with Crippen molar-refractivity contribution in [2.75, 3.05) is 0 Å². The van der Waals surface area contributed by atoms with Crippen LogP contribution in [0.2, 0.25) is 5.02 Å². The minimum Gasteiger partial charge on any atom is -0.486 e. The lowest BCUT2D eigenvalue weighted by molar-refractivity contribution is 0.111. The molecule has 2 rings (SSSR count). The molecule has 0 aliphatic rings. The SMILES string of the molecule is O=Cc1cccc(Cl)c1OCc1cc(Br)cs1. The Morgan fingerprint density at radius 3 is 2.94 bits per heavy atom. The number of hydrogen-bond acceptors (Lipinski definition) is 3. The summed E-state index contributed by atoms with van der Waals surface area (Å²) in [4.78, 5) is 11.9. The monoisotopic (exact) mass is 330 g/mol. The third-order valence-corrected chi connectivity index (χ3v) is 4.07. The van der Waals surface area contributed by atoms with Gasteiger partial charge < -0.3 is 4.74 Å². The summed E-state index contributed by atoms with van der Waals surface area (Å²) in [6.45, 7) is 0.404. The number of hydrogen-bond donors (Lipinski definition) is 0. The Kier molecular flexibility index (Phi) is 4.20. The second-order valence-corrected chi connectivity index (χ2v) is 5.61. The minimum absolute atomic E-state index is 0.404. The molecule has 0 saturated carbocycles. The number of carbonyl (C=O) groups excluding carboxylic acids is 1. The van der Waals surface area contributed by atoms with Crippen LogP contribution < -0.4 is 4.74 Å². The first-order valence-corrected chi connectivity index (χ1v) is 6.85. The molecule has 0 aliphatic carbocycles. The Morgan fingerprint density at radius 1 is 1.47 bits per heavy atom. The van der Waals surface area contributed by atoms with E-state index in [0.717, 1.165) is 15.6 Å². The molecule has 0 saturated heterocycles. The number of halogens is 2. The second kappa shape index (κ2) is 5.67. The standard InChI is InChI=1S/C12H8BrClO2S/c13-9-4-10(17-7-9)6-16-12-8(5-15)2-1-3-11(12)14/h1-5,7H,6H2. The molecule has 5 heteroatoms. The Morgan fingerprint density at radius 2 is 2.29 bits per heavy atom.